The summed E-state index contributed by atoms with van der Waals surface area (Å²) in [6, 6.07) is 8.03. The minimum Gasteiger partial charge on any atom is -0.334 e. The van der Waals surface area contributed by atoms with Gasteiger partial charge in [-0.05, 0) is 42.2 Å². The average molecular weight is 309 g/mol. The molecule has 23 heavy (non-hydrogen) atoms. The van der Waals surface area contributed by atoms with Gasteiger partial charge in [0.05, 0.1) is 17.2 Å². The van der Waals surface area contributed by atoms with Gasteiger partial charge in [-0.2, -0.15) is 0 Å². The number of nitrogens with zero attached hydrogens (tertiary/aromatic N) is 3. The van der Waals surface area contributed by atoms with Gasteiger partial charge in [-0.25, -0.2) is 4.98 Å². The first-order valence-corrected chi connectivity index (χ1v) is 8.38. The molecule has 0 spiro atoms. The van der Waals surface area contributed by atoms with Gasteiger partial charge in [-0.3, -0.25) is 9.78 Å². The SMILES string of the molecule is CC1(C)C[C@@H]2C[C@@](C)(CN2C(=O)c2cnc3ccccc3n2)C1. The van der Waals surface area contributed by atoms with Crippen LogP contribution in [0.3, 0.4) is 0 Å². The summed E-state index contributed by atoms with van der Waals surface area (Å²) in [7, 11) is 0. The van der Waals surface area contributed by atoms with Crippen molar-refractivity contribution >= 4 is 16.9 Å². The van der Waals surface area contributed by atoms with Crippen LogP contribution in [0, 0.1) is 10.8 Å². The molecule has 1 aromatic carbocycles. The lowest BCUT2D eigenvalue weighted by molar-refractivity contribution is 0.0702. The molecule has 0 N–H and O–H groups in total. The second-order valence-electron chi connectivity index (χ2n) is 8.39. The molecule has 2 aliphatic rings. The van der Waals surface area contributed by atoms with Crippen molar-refractivity contribution in [1.82, 2.24) is 14.9 Å². The number of likely N-dealkylation sites (tertiary alicyclic amines) is 1. The summed E-state index contributed by atoms with van der Waals surface area (Å²) in [5.74, 6) is 0.0367. The van der Waals surface area contributed by atoms with Crippen molar-refractivity contribution in [2.45, 2.75) is 46.1 Å². The smallest absolute Gasteiger partial charge is 0.274 e. The molecule has 2 fully saturated rings. The third-order valence-corrected chi connectivity index (χ3v) is 5.34. The predicted molar refractivity (Wildman–Crippen MR) is 90.1 cm³/mol. The second-order valence-corrected chi connectivity index (χ2v) is 8.39. The lowest BCUT2D eigenvalue weighted by Gasteiger charge is -2.39. The first kappa shape index (κ1) is 14.6. The Labute approximate surface area is 136 Å². The van der Waals surface area contributed by atoms with Gasteiger partial charge in [-0.1, -0.05) is 32.9 Å². The van der Waals surface area contributed by atoms with E-state index >= 15 is 0 Å². The Kier molecular flexibility index (Phi) is 3.03. The summed E-state index contributed by atoms with van der Waals surface area (Å²) in [4.78, 5) is 24.0. The van der Waals surface area contributed by atoms with E-state index in [9.17, 15) is 4.79 Å². The van der Waals surface area contributed by atoms with Crippen LogP contribution in [-0.2, 0) is 0 Å². The van der Waals surface area contributed by atoms with E-state index in [0.717, 1.165) is 30.4 Å². The van der Waals surface area contributed by atoms with E-state index in [2.05, 4.69) is 30.7 Å². The van der Waals surface area contributed by atoms with E-state index in [4.69, 9.17) is 0 Å². The van der Waals surface area contributed by atoms with Crippen LogP contribution in [0.5, 0.6) is 0 Å². The van der Waals surface area contributed by atoms with E-state index in [1.54, 1.807) is 6.20 Å². The molecule has 1 amide bonds. The van der Waals surface area contributed by atoms with Crippen LogP contribution >= 0.6 is 0 Å². The monoisotopic (exact) mass is 309 g/mol. The zero-order chi connectivity index (χ0) is 16.2. The molecule has 0 unspecified atom stereocenters. The molecule has 0 radical (unpaired) electrons. The fourth-order valence-corrected chi connectivity index (χ4v) is 4.90. The number of amides is 1. The van der Waals surface area contributed by atoms with Crippen molar-refractivity contribution in [2.75, 3.05) is 6.54 Å². The lowest BCUT2D eigenvalue weighted by Crippen LogP contribution is -2.38. The van der Waals surface area contributed by atoms with Gasteiger partial charge in [-0.15, -0.1) is 0 Å². The summed E-state index contributed by atoms with van der Waals surface area (Å²) in [5, 5.41) is 0. The van der Waals surface area contributed by atoms with Crippen molar-refractivity contribution in [3.05, 3.63) is 36.2 Å². The van der Waals surface area contributed by atoms with E-state index in [1.807, 2.05) is 29.2 Å². The maximum atomic E-state index is 13.0. The molecule has 2 aromatic rings. The van der Waals surface area contributed by atoms with Crippen LogP contribution in [0.1, 0.15) is 50.5 Å². The minimum atomic E-state index is 0.0367. The van der Waals surface area contributed by atoms with Crippen LogP contribution < -0.4 is 0 Å². The van der Waals surface area contributed by atoms with E-state index in [1.165, 1.54) is 6.42 Å². The number of hydrogen-bond donors (Lipinski definition) is 0. The van der Waals surface area contributed by atoms with Crippen molar-refractivity contribution < 1.29 is 4.79 Å². The third-order valence-electron chi connectivity index (χ3n) is 5.34. The Bertz CT molecular complexity index is 785. The highest BCUT2D eigenvalue weighted by Crippen LogP contribution is 2.52. The standard InChI is InChI=1S/C19H23N3O/c1-18(2)8-13-9-19(3,11-18)12-22(13)17(23)16-10-20-14-6-4-5-7-15(14)21-16/h4-7,10,13H,8-9,11-12H2,1-3H3/t13-,19-/m1/s1. The number of aromatic nitrogens is 2. The quantitative estimate of drug-likeness (QED) is 0.807. The number of benzene rings is 1. The molecule has 4 nitrogen and oxygen atoms in total. The highest BCUT2D eigenvalue weighted by atomic mass is 16.2. The van der Waals surface area contributed by atoms with E-state index < -0.39 is 0 Å². The van der Waals surface area contributed by atoms with Gasteiger partial charge >= 0.3 is 0 Å². The third kappa shape index (κ3) is 2.50. The summed E-state index contributed by atoms with van der Waals surface area (Å²) in [6.07, 6.45) is 5.00. The van der Waals surface area contributed by atoms with Crippen molar-refractivity contribution in [3.63, 3.8) is 0 Å². The van der Waals surface area contributed by atoms with Gasteiger partial charge in [0.1, 0.15) is 5.69 Å². The summed E-state index contributed by atoms with van der Waals surface area (Å²) < 4.78 is 0. The first-order chi connectivity index (χ1) is 10.9. The number of rotatable bonds is 1. The van der Waals surface area contributed by atoms with Crippen LogP contribution in [0.4, 0.5) is 0 Å². The fourth-order valence-electron chi connectivity index (χ4n) is 4.90. The van der Waals surface area contributed by atoms with Crippen molar-refractivity contribution in [1.29, 1.82) is 0 Å². The molecule has 1 saturated heterocycles. The van der Waals surface area contributed by atoms with Crippen molar-refractivity contribution in [3.8, 4) is 0 Å². The summed E-state index contributed by atoms with van der Waals surface area (Å²) in [5.41, 5.74) is 2.63. The topological polar surface area (TPSA) is 46.1 Å². The molecule has 120 valence electrons. The molecule has 1 aliphatic heterocycles. The Morgan fingerprint density at radius 3 is 2.70 bits per heavy atom. The maximum Gasteiger partial charge on any atom is 0.274 e. The van der Waals surface area contributed by atoms with Crippen LogP contribution in [0.25, 0.3) is 11.0 Å². The van der Waals surface area contributed by atoms with Crippen LogP contribution in [-0.4, -0.2) is 33.4 Å². The molecule has 1 aliphatic carbocycles. The molecule has 1 saturated carbocycles. The molecule has 2 atom stereocenters. The number of hydrogen-bond acceptors (Lipinski definition) is 3. The predicted octanol–water partition coefficient (Wildman–Crippen LogP) is 3.67. The van der Waals surface area contributed by atoms with Gasteiger partial charge in [0.25, 0.3) is 5.91 Å². The Morgan fingerprint density at radius 1 is 1.17 bits per heavy atom. The maximum absolute atomic E-state index is 13.0. The van der Waals surface area contributed by atoms with Gasteiger partial charge in [0.15, 0.2) is 0 Å². The van der Waals surface area contributed by atoms with Crippen LogP contribution in [0.2, 0.25) is 0 Å². The van der Waals surface area contributed by atoms with Crippen molar-refractivity contribution in [2.24, 2.45) is 10.8 Å². The second kappa shape index (κ2) is 4.76. The Balaban J connectivity index is 1.66. The minimum absolute atomic E-state index is 0.0367. The van der Waals surface area contributed by atoms with Crippen LogP contribution in [0.15, 0.2) is 30.5 Å². The Morgan fingerprint density at radius 2 is 1.91 bits per heavy atom. The normalized spacial score (nSPS) is 29.0. The molecular weight excluding hydrogens is 286 g/mol. The highest BCUT2D eigenvalue weighted by Gasteiger charge is 2.51. The molecule has 4 heteroatoms. The summed E-state index contributed by atoms with van der Waals surface area (Å²) >= 11 is 0. The van der Waals surface area contributed by atoms with Gasteiger partial charge < -0.3 is 4.90 Å². The number of carbonyl (C=O) groups is 1. The molecular formula is C19H23N3O. The zero-order valence-electron chi connectivity index (χ0n) is 14.0. The number of carbonyl (C=O) groups excluding carboxylic acids is 1. The number of para-hydroxylation sites is 2. The molecule has 2 heterocycles. The lowest BCUT2D eigenvalue weighted by atomic mass is 9.65. The number of fused-ring (bicyclic) bond motifs is 3. The van der Waals surface area contributed by atoms with Gasteiger partial charge in [0.2, 0.25) is 0 Å². The van der Waals surface area contributed by atoms with E-state index in [0.29, 0.717) is 17.2 Å². The molecule has 1 aromatic heterocycles. The zero-order valence-corrected chi connectivity index (χ0v) is 14.0. The largest absolute Gasteiger partial charge is 0.334 e. The fraction of sp³-hybridized carbons (Fsp3) is 0.526. The molecule has 2 bridgehead atoms. The Hall–Kier alpha value is -1.97. The molecule has 4 rings (SSSR count). The van der Waals surface area contributed by atoms with Gasteiger partial charge in [0, 0.05) is 12.6 Å². The van der Waals surface area contributed by atoms with E-state index in [-0.39, 0.29) is 11.3 Å². The summed E-state index contributed by atoms with van der Waals surface area (Å²) in [6.45, 7) is 7.80. The first-order valence-electron chi connectivity index (χ1n) is 8.38. The highest BCUT2D eigenvalue weighted by molar-refractivity contribution is 5.94. The average Bonchev–Trinajstić information content (AvgIpc) is 2.75.